The van der Waals surface area contributed by atoms with E-state index in [0.29, 0.717) is 19.7 Å². The van der Waals surface area contributed by atoms with Crippen LogP contribution in [0.4, 0.5) is 0 Å². The summed E-state index contributed by atoms with van der Waals surface area (Å²) in [5.41, 5.74) is 1.35. The number of benzene rings is 1. The second kappa shape index (κ2) is 8.60. The minimum Gasteiger partial charge on any atom is -0.376 e. The zero-order valence-corrected chi connectivity index (χ0v) is 14.5. The van der Waals surface area contributed by atoms with Crippen molar-refractivity contribution in [1.29, 1.82) is 0 Å². The molecule has 0 radical (unpaired) electrons. The Morgan fingerprint density at radius 2 is 2.08 bits per heavy atom. The predicted molar refractivity (Wildman–Crippen MR) is 92.9 cm³/mol. The van der Waals surface area contributed by atoms with Gasteiger partial charge >= 0.3 is 0 Å². The van der Waals surface area contributed by atoms with E-state index in [1.807, 2.05) is 18.0 Å². The van der Waals surface area contributed by atoms with Gasteiger partial charge in [0, 0.05) is 32.8 Å². The lowest BCUT2D eigenvalue weighted by molar-refractivity contribution is -0.148. The Morgan fingerprint density at radius 1 is 1.25 bits per heavy atom. The lowest BCUT2D eigenvalue weighted by Crippen LogP contribution is -2.49. The lowest BCUT2D eigenvalue weighted by atomic mass is 10.1. The first kappa shape index (κ1) is 17.4. The number of morpholine rings is 1. The summed E-state index contributed by atoms with van der Waals surface area (Å²) in [5.74, 6) is 0.122. The molecule has 2 aliphatic rings. The van der Waals surface area contributed by atoms with Crippen LogP contribution in [-0.2, 0) is 20.7 Å². The number of amides is 1. The van der Waals surface area contributed by atoms with Crippen LogP contribution in [0.15, 0.2) is 30.3 Å². The van der Waals surface area contributed by atoms with Gasteiger partial charge < -0.3 is 19.3 Å². The quantitative estimate of drug-likeness (QED) is 0.742. The van der Waals surface area contributed by atoms with E-state index in [2.05, 4.69) is 29.2 Å². The molecule has 0 bridgehead atoms. The van der Waals surface area contributed by atoms with Gasteiger partial charge in [-0.2, -0.15) is 0 Å². The van der Waals surface area contributed by atoms with E-state index in [1.54, 1.807) is 0 Å². The van der Waals surface area contributed by atoms with Gasteiger partial charge in [-0.05, 0) is 31.9 Å². The lowest BCUT2D eigenvalue weighted by Gasteiger charge is -2.31. The fraction of sp³-hybridized carbons (Fsp3) is 0.632. The van der Waals surface area contributed by atoms with Gasteiger partial charge in [0.15, 0.2) is 0 Å². The number of hydrogen-bond donors (Lipinski definition) is 0. The first-order valence-corrected chi connectivity index (χ1v) is 8.97. The summed E-state index contributed by atoms with van der Waals surface area (Å²) < 4.78 is 11.6. The highest BCUT2D eigenvalue weighted by atomic mass is 16.5. The third-order valence-electron chi connectivity index (χ3n) is 4.81. The fourth-order valence-electron chi connectivity index (χ4n) is 3.37. The van der Waals surface area contributed by atoms with Crippen molar-refractivity contribution in [3.63, 3.8) is 0 Å². The van der Waals surface area contributed by atoms with Crippen molar-refractivity contribution in [3.8, 4) is 0 Å². The van der Waals surface area contributed by atoms with E-state index in [4.69, 9.17) is 9.47 Å². The average molecular weight is 332 g/mol. The molecular formula is C19H28N2O3. The van der Waals surface area contributed by atoms with Gasteiger partial charge in [-0.3, -0.25) is 4.79 Å². The topological polar surface area (TPSA) is 42.0 Å². The Morgan fingerprint density at radius 3 is 2.88 bits per heavy atom. The zero-order chi connectivity index (χ0) is 16.8. The Labute approximate surface area is 144 Å². The SMILES string of the molecule is CN1CCO[C@H](C(=O)N2CC[C@H](OCCCc3ccccc3)C2)C1. The molecule has 132 valence electrons. The maximum atomic E-state index is 12.5. The summed E-state index contributed by atoms with van der Waals surface area (Å²) in [6, 6.07) is 10.5. The molecule has 2 heterocycles. The van der Waals surface area contributed by atoms with Crippen LogP contribution in [0.1, 0.15) is 18.4 Å². The van der Waals surface area contributed by atoms with Crippen LogP contribution < -0.4 is 0 Å². The maximum absolute atomic E-state index is 12.5. The molecule has 0 spiro atoms. The summed E-state index contributed by atoms with van der Waals surface area (Å²) in [6.07, 6.45) is 2.86. The van der Waals surface area contributed by atoms with Crippen molar-refractivity contribution in [2.75, 3.05) is 46.4 Å². The van der Waals surface area contributed by atoms with Gasteiger partial charge in [0.25, 0.3) is 5.91 Å². The largest absolute Gasteiger partial charge is 0.376 e. The maximum Gasteiger partial charge on any atom is 0.253 e. The summed E-state index contributed by atoms with van der Waals surface area (Å²) in [6.45, 7) is 4.47. The van der Waals surface area contributed by atoms with Gasteiger partial charge in [0.2, 0.25) is 0 Å². The van der Waals surface area contributed by atoms with Crippen LogP contribution >= 0.6 is 0 Å². The first-order valence-electron chi connectivity index (χ1n) is 8.97. The molecule has 0 N–H and O–H groups in total. The second-order valence-corrected chi connectivity index (χ2v) is 6.78. The van der Waals surface area contributed by atoms with Crippen LogP contribution in [0, 0.1) is 0 Å². The molecule has 24 heavy (non-hydrogen) atoms. The van der Waals surface area contributed by atoms with Crippen LogP contribution in [0.25, 0.3) is 0 Å². The van der Waals surface area contributed by atoms with E-state index in [9.17, 15) is 4.79 Å². The number of nitrogens with zero attached hydrogens (tertiary/aromatic N) is 2. The number of hydrogen-bond acceptors (Lipinski definition) is 4. The second-order valence-electron chi connectivity index (χ2n) is 6.78. The molecular weight excluding hydrogens is 304 g/mol. The number of likely N-dealkylation sites (tertiary alicyclic amines) is 1. The van der Waals surface area contributed by atoms with Crippen molar-refractivity contribution in [1.82, 2.24) is 9.80 Å². The van der Waals surface area contributed by atoms with E-state index in [0.717, 1.165) is 39.0 Å². The molecule has 0 unspecified atom stereocenters. The zero-order valence-electron chi connectivity index (χ0n) is 14.5. The number of likely N-dealkylation sites (N-methyl/N-ethyl adjacent to an activating group) is 1. The Kier molecular flexibility index (Phi) is 6.24. The van der Waals surface area contributed by atoms with Crippen LogP contribution in [0.5, 0.6) is 0 Å². The smallest absolute Gasteiger partial charge is 0.253 e. The first-order chi connectivity index (χ1) is 11.7. The van der Waals surface area contributed by atoms with Gasteiger partial charge in [0.05, 0.1) is 12.7 Å². The number of carbonyl (C=O) groups excluding carboxylic acids is 1. The molecule has 2 saturated heterocycles. The third-order valence-corrected chi connectivity index (χ3v) is 4.81. The number of rotatable bonds is 6. The van der Waals surface area contributed by atoms with Crippen molar-refractivity contribution >= 4 is 5.91 Å². The van der Waals surface area contributed by atoms with E-state index >= 15 is 0 Å². The van der Waals surface area contributed by atoms with Gasteiger partial charge in [-0.25, -0.2) is 0 Å². The third kappa shape index (κ3) is 4.79. The summed E-state index contributed by atoms with van der Waals surface area (Å²) >= 11 is 0. The number of ether oxygens (including phenoxy) is 2. The van der Waals surface area contributed by atoms with E-state index in [1.165, 1.54) is 5.56 Å². The van der Waals surface area contributed by atoms with Crippen molar-refractivity contribution in [2.45, 2.75) is 31.5 Å². The standard InChI is InChI=1S/C19H28N2O3/c1-20-11-13-24-18(15-20)19(22)21-10-9-17(14-21)23-12-5-8-16-6-3-2-4-7-16/h2-4,6-7,17-18H,5,8-15H2,1H3/t17-,18-/m0/s1. The molecule has 5 nitrogen and oxygen atoms in total. The van der Waals surface area contributed by atoms with Crippen molar-refractivity contribution < 1.29 is 14.3 Å². The summed E-state index contributed by atoms with van der Waals surface area (Å²) in [7, 11) is 2.03. The van der Waals surface area contributed by atoms with E-state index < -0.39 is 0 Å². The highest BCUT2D eigenvalue weighted by molar-refractivity contribution is 5.81. The molecule has 0 aromatic heterocycles. The Bertz CT molecular complexity index is 523. The highest BCUT2D eigenvalue weighted by Gasteiger charge is 2.33. The van der Waals surface area contributed by atoms with Crippen LogP contribution in [-0.4, -0.2) is 74.4 Å². The molecule has 2 atom stereocenters. The van der Waals surface area contributed by atoms with Crippen LogP contribution in [0.3, 0.4) is 0 Å². The highest BCUT2D eigenvalue weighted by Crippen LogP contribution is 2.17. The molecule has 3 rings (SSSR count). The Balaban J connectivity index is 1.35. The molecule has 1 aromatic rings. The summed E-state index contributed by atoms with van der Waals surface area (Å²) in [5, 5.41) is 0. The van der Waals surface area contributed by atoms with Gasteiger partial charge in [0.1, 0.15) is 6.10 Å². The molecule has 5 heteroatoms. The number of aryl methyl sites for hydroxylation is 1. The molecule has 0 saturated carbocycles. The van der Waals surface area contributed by atoms with Gasteiger partial charge in [-0.1, -0.05) is 30.3 Å². The average Bonchev–Trinajstić information content (AvgIpc) is 3.08. The molecule has 2 fully saturated rings. The minimum atomic E-state index is -0.305. The van der Waals surface area contributed by atoms with Gasteiger partial charge in [-0.15, -0.1) is 0 Å². The molecule has 0 aliphatic carbocycles. The van der Waals surface area contributed by atoms with Crippen LogP contribution in [0.2, 0.25) is 0 Å². The monoisotopic (exact) mass is 332 g/mol. The summed E-state index contributed by atoms with van der Waals surface area (Å²) in [4.78, 5) is 16.6. The normalized spacial score (nSPS) is 25.1. The Hall–Kier alpha value is -1.43. The fourth-order valence-corrected chi connectivity index (χ4v) is 3.37. The number of carbonyl (C=O) groups is 1. The minimum absolute atomic E-state index is 0.122. The predicted octanol–water partition coefficient (Wildman–Crippen LogP) is 1.57. The molecule has 1 aromatic carbocycles. The van der Waals surface area contributed by atoms with E-state index in [-0.39, 0.29) is 18.1 Å². The molecule has 1 amide bonds. The van der Waals surface area contributed by atoms with Crippen molar-refractivity contribution in [2.24, 2.45) is 0 Å². The van der Waals surface area contributed by atoms with Crippen molar-refractivity contribution in [3.05, 3.63) is 35.9 Å². The molecule has 2 aliphatic heterocycles.